The molecule has 124 valence electrons. The minimum Gasteiger partial charge on any atom is -0.539 e. The molecule has 0 radical (unpaired) electrons. The number of rotatable bonds is 14. The van der Waals surface area contributed by atoms with Gasteiger partial charge in [-0.15, -0.1) is 0 Å². The number of carboxylic acids is 1. The van der Waals surface area contributed by atoms with E-state index in [0.29, 0.717) is 46.2 Å². The molecule has 0 unspecified atom stereocenters. The van der Waals surface area contributed by atoms with E-state index in [1.165, 1.54) is 0 Å². The first-order valence-electron chi connectivity index (χ1n) is 6.48. The van der Waals surface area contributed by atoms with Gasteiger partial charge in [0.05, 0.1) is 59.5 Å². The van der Waals surface area contributed by atoms with Crippen LogP contribution in [0.25, 0.3) is 0 Å². The van der Waals surface area contributed by atoms with Crippen molar-refractivity contribution in [1.29, 1.82) is 0 Å². The molecule has 0 aliphatic heterocycles. The largest absolute Gasteiger partial charge is 1.00 e. The van der Waals surface area contributed by atoms with Crippen LogP contribution in [0.2, 0.25) is 0 Å². The van der Waals surface area contributed by atoms with Crippen LogP contribution in [-0.4, -0.2) is 83.1 Å². The van der Waals surface area contributed by atoms with Crippen LogP contribution >= 0.6 is 0 Å². The molecule has 0 saturated heterocycles. The molecule has 0 fully saturated rings. The summed E-state index contributed by atoms with van der Waals surface area (Å²) >= 11 is 0. The van der Waals surface area contributed by atoms with Crippen molar-refractivity contribution in [1.82, 2.24) is 0 Å². The fourth-order valence-corrected chi connectivity index (χ4v) is 1.08. The third kappa shape index (κ3) is 17.4. The SMILES string of the molecule is O=C([O-])C(=O)OCCOCCOCCOCCOCCO.[Li+]. The molecule has 0 aliphatic rings. The third-order valence-electron chi connectivity index (χ3n) is 1.98. The van der Waals surface area contributed by atoms with E-state index in [1.54, 1.807) is 0 Å². The van der Waals surface area contributed by atoms with Crippen LogP contribution in [0.15, 0.2) is 0 Å². The molecular formula is C12H21LiO9. The van der Waals surface area contributed by atoms with Crippen molar-refractivity contribution in [3.05, 3.63) is 0 Å². The van der Waals surface area contributed by atoms with Gasteiger partial charge in [-0.25, -0.2) is 4.79 Å². The van der Waals surface area contributed by atoms with Crippen LogP contribution in [0.1, 0.15) is 0 Å². The van der Waals surface area contributed by atoms with Crippen molar-refractivity contribution in [2.24, 2.45) is 0 Å². The first-order chi connectivity index (χ1) is 10.2. The van der Waals surface area contributed by atoms with E-state index in [4.69, 9.17) is 24.1 Å². The van der Waals surface area contributed by atoms with E-state index < -0.39 is 11.9 Å². The Bertz CT molecular complexity index is 275. The number of carbonyl (C=O) groups excluding carboxylic acids is 2. The average Bonchev–Trinajstić information content (AvgIpc) is 2.47. The Balaban J connectivity index is 0. The monoisotopic (exact) mass is 316 g/mol. The van der Waals surface area contributed by atoms with E-state index in [2.05, 4.69) is 4.74 Å². The smallest absolute Gasteiger partial charge is 0.539 e. The summed E-state index contributed by atoms with van der Waals surface area (Å²) in [6.45, 7) is 2.56. The zero-order valence-corrected chi connectivity index (χ0v) is 12.8. The van der Waals surface area contributed by atoms with E-state index in [0.717, 1.165) is 0 Å². The normalized spacial score (nSPS) is 10.0. The summed E-state index contributed by atoms with van der Waals surface area (Å²) in [4.78, 5) is 20.4. The molecule has 0 spiro atoms. The average molecular weight is 316 g/mol. The number of carbonyl (C=O) groups is 2. The van der Waals surface area contributed by atoms with Gasteiger partial charge in [-0.05, 0) is 0 Å². The summed E-state index contributed by atoms with van der Waals surface area (Å²) in [5, 5.41) is 18.4. The fraction of sp³-hybridized carbons (Fsp3) is 0.833. The number of aliphatic hydroxyl groups is 1. The van der Waals surface area contributed by atoms with Crippen molar-refractivity contribution in [3.63, 3.8) is 0 Å². The Morgan fingerprint density at radius 1 is 0.727 bits per heavy atom. The maximum absolute atomic E-state index is 10.5. The number of hydrogen-bond donors (Lipinski definition) is 1. The Labute approximate surface area is 141 Å². The number of ether oxygens (including phenoxy) is 5. The van der Waals surface area contributed by atoms with Gasteiger partial charge in [-0.1, -0.05) is 0 Å². The predicted octanol–water partition coefficient (Wildman–Crippen LogP) is -5.66. The van der Waals surface area contributed by atoms with Crippen LogP contribution in [0.5, 0.6) is 0 Å². The van der Waals surface area contributed by atoms with Crippen molar-refractivity contribution in [2.75, 3.05) is 66.1 Å². The topological polar surface area (TPSA) is 124 Å². The summed E-state index contributed by atoms with van der Waals surface area (Å²) in [7, 11) is 0. The molecule has 0 amide bonds. The van der Waals surface area contributed by atoms with Crippen LogP contribution < -0.4 is 24.0 Å². The van der Waals surface area contributed by atoms with Gasteiger partial charge in [0.15, 0.2) is 5.97 Å². The summed E-state index contributed by atoms with van der Waals surface area (Å²) in [5.41, 5.74) is 0. The summed E-state index contributed by atoms with van der Waals surface area (Å²) in [6.07, 6.45) is 0. The number of aliphatic hydroxyl groups excluding tert-OH is 1. The van der Waals surface area contributed by atoms with E-state index >= 15 is 0 Å². The van der Waals surface area contributed by atoms with Crippen molar-refractivity contribution >= 4 is 11.9 Å². The number of carboxylic acid groups (broad SMARTS) is 1. The van der Waals surface area contributed by atoms with Crippen LogP contribution in [-0.2, 0) is 33.3 Å². The molecule has 0 aromatic carbocycles. The fourth-order valence-electron chi connectivity index (χ4n) is 1.08. The minimum absolute atomic E-state index is 0. The maximum atomic E-state index is 10.5. The second-order valence-electron chi connectivity index (χ2n) is 3.60. The summed E-state index contributed by atoms with van der Waals surface area (Å²) in [6, 6.07) is 0. The Hall–Kier alpha value is -0.663. The Morgan fingerprint density at radius 2 is 1.09 bits per heavy atom. The van der Waals surface area contributed by atoms with Gasteiger partial charge >= 0.3 is 24.8 Å². The van der Waals surface area contributed by atoms with Gasteiger partial charge in [-0.2, -0.15) is 0 Å². The molecule has 0 saturated carbocycles. The molecule has 0 rings (SSSR count). The predicted molar refractivity (Wildman–Crippen MR) is 66.3 cm³/mol. The Kier molecular flexibility index (Phi) is 19.7. The molecule has 10 heteroatoms. The van der Waals surface area contributed by atoms with Crippen molar-refractivity contribution < 1.29 is 62.3 Å². The van der Waals surface area contributed by atoms with Gasteiger partial charge in [0.1, 0.15) is 6.61 Å². The van der Waals surface area contributed by atoms with Crippen molar-refractivity contribution in [3.8, 4) is 0 Å². The van der Waals surface area contributed by atoms with Gasteiger partial charge in [0.2, 0.25) is 0 Å². The summed E-state index contributed by atoms with van der Waals surface area (Å²) < 4.78 is 24.7. The second kappa shape index (κ2) is 18.4. The molecule has 0 aromatic rings. The van der Waals surface area contributed by atoms with Crippen molar-refractivity contribution in [2.45, 2.75) is 0 Å². The van der Waals surface area contributed by atoms with E-state index in [9.17, 15) is 14.7 Å². The van der Waals surface area contributed by atoms with Gasteiger partial charge in [0, 0.05) is 0 Å². The minimum atomic E-state index is -1.87. The zero-order valence-electron chi connectivity index (χ0n) is 12.8. The molecular weight excluding hydrogens is 295 g/mol. The molecule has 9 nitrogen and oxygen atoms in total. The Morgan fingerprint density at radius 3 is 1.45 bits per heavy atom. The molecule has 0 aromatic heterocycles. The van der Waals surface area contributed by atoms with Crippen LogP contribution in [0.4, 0.5) is 0 Å². The van der Waals surface area contributed by atoms with Gasteiger partial charge in [0.25, 0.3) is 0 Å². The molecule has 0 atom stereocenters. The summed E-state index contributed by atoms with van der Waals surface area (Å²) in [5.74, 6) is -3.28. The number of hydrogen-bond acceptors (Lipinski definition) is 9. The first-order valence-corrected chi connectivity index (χ1v) is 6.48. The number of esters is 1. The molecule has 22 heavy (non-hydrogen) atoms. The molecule has 1 N–H and O–H groups in total. The molecule has 0 heterocycles. The third-order valence-corrected chi connectivity index (χ3v) is 1.98. The van der Waals surface area contributed by atoms with Gasteiger partial charge in [-0.3, -0.25) is 0 Å². The number of aliphatic carboxylic acids is 1. The zero-order chi connectivity index (χ0) is 15.8. The van der Waals surface area contributed by atoms with Crippen LogP contribution in [0.3, 0.4) is 0 Å². The standard InChI is InChI=1S/C12H22O9.Li/c13-1-2-17-3-4-18-5-6-19-7-8-20-9-10-21-12(16)11(14)15;/h13H,1-10H2,(H,14,15);/q;+1/p-1. The maximum Gasteiger partial charge on any atom is 1.00 e. The van der Waals surface area contributed by atoms with E-state index in [1.807, 2.05) is 0 Å². The van der Waals surface area contributed by atoms with Crippen LogP contribution in [0, 0.1) is 0 Å². The first kappa shape index (κ1) is 23.6. The molecule has 0 aliphatic carbocycles. The quantitative estimate of drug-likeness (QED) is 0.144. The molecule has 0 bridgehead atoms. The van der Waals surface area contributed by atoms with E-state index in [-0.39, 0.29) is 38.7 Å². The second-order valence-corrected chi connectivity index (χ2v) is 3.60. The van der Waals surface area contributed by atoms with Gasteiger partial charge < -0.3 is 38.7 Å².